The van der Waals surface area contributed by atoms with Crippen molar-refractivity contribution in [2.75, 3.05) is 13.7 Å². The Kier molecular flexibility index (Phi) is 6.36. The summed E-state index contributed by atoms with van der Waals surface area (Å²) < 4.78 is 33.9. The molecule has 0 radical (unpaired) electrons. The third-order valence-electron chi connectivity index (χ3n) is 4.35. The largest absolute Gasteiger partial charge is 0.497 e. The number of ether oxygens (including phenoxy) is 1. The van der Waals surface area contributed by atoms with Crippen molar-refractivity contribution in [3.05, 3.63) is 75.8 Å². The first-order valence-corrected chi connectivity index (χ1v) is 10.6. The molecule has 0 aliphatic heterocycles. The molecule has 0 spiro atoms. The number of aromatic nitrogens is 2. The summed E-state index contributed by atoms with van der Waals surface area (Å²) in [5.41, 5.74) is 1.63. The molecule has 2 aromatic carbocycles. The first-order valence-electron chi connectivity index (χ1n) is 8.77. The molecular weight excluding hydrogens is 414 g/mol. The Morgan fingerprint density at radius 2 is 1.86 bits per heavy atom. The van der Waals surface area contributed by atoms with Crippen LogP contribution in [0.2, 0.25) is 5.02 Å². The fourth-order valence-corrected chi connectivity index (χ4v) is 4.28. The molecular formula is C20H20ClN3O4S. The molecule has 0 unspecified atom stereocenters. The van der Waals surface area contributed by atoms with Crippen LogP contribution >= 0.6 is 11.6 Å². The van der Waals surface area contributed by atoms with Crippen LogP contribution in [0.5, 0.6) is 5.75 Å². The number of hydrogen-bond acceptors (Lipinski definition) is 5. The van der Waals surface area contributed by atoms with Gasteiger partial charge in [-0.3, -0.25) is 9.36 Å². The van der Waals surface area contributed by atoms with Crippen LogP contribution in [-0.4, -0.2) is 31.6 Å². The lowest BCUT2D eigenvalue weighted by Gasteiger charge is -2.11. The molecule has 0 aliphatic rings. The average Bonchev–Trinajstić information content (AvgIpc) is 2.71. The molecule has 0 atom stereocenters. The van der Waals surface area contributed by atoms with E-state index in [-0.39, 0.29) is 23.5 Å². The summed E-state index contributed by atoms with van der Waals surface area (Å²) in [5.74, 6) is 0.712. The van der Waals surface area contributed by atoms with Crippen LogP contribution in [0.3, 0.4) is 0 Å². The van der Waals surface area contributed by atoms with Crippen LogP contribution in [0.25, 0.3) is 11.3 Å². The van der Waals surface area contributed by atoms with Crippen molar-refractivity contribution in [1.29, 1.82) is 0 Å². The van der Waals surface area contributed by atoms with Gasteiger partial charge < -0.3 is 4.74 Å². The minimum Gasteiger partial charge on any atom is -0.497 e. The molecule has 1 aromatic heterocycles. The summed E-state index contributed by atoms with van der Waals surface area (Å²) in [5, 5.41) is 0.338. The van der Waals surface area contributed by atoms with Crippen molar-refractivity contribution in [3.8, 4) is 17.0 Å². The highest BCUT2D eigenvalue weighted by atomic mass is 35.5. The number of nitrogens with one attached hydrogen (secondary N) is 1. The highest BCUT2D eigenvalue weighted by Gasteiger charge is 2.16. The van der Waals surface area contributed by atoms with Gasteiger partial charge in [0.25, 0.3) is 5.56 Å². The zero-order valence-electron chi connectivity index (χ0n) is 15.9. The molecule has 9 heteroatoms. The fraction of sp³-hybridized carbons (Fsp3) is 0.200. The molecule has 152 valence electrons. The van der Waals surface area contributed by atoms with Crippen molar-refractivity contribution < 1.29 is 13.2 Å². The summed E-state index contributed by atoms with van der Waals surface area (Å²) in [7, 11) is -2.16. The second kappa shape index (κ2) is 8.77. The Bertz CT molecular complexity index is 1180. The predicted molar refractivity (Wildman–Crippen MR) is 112 cm³/mol. The van der Waals surface area contributed by atoms with Crippen LogP contribution in [-0.2, 0) is 16.6 Å². The van der Waals surface area contributed by atoms with Crippen molar-refractivity contribution in [3.63, 3.8) is 0 Å². The van der Waals surface area contributed by atoms with Gasteiger partial charge in [-0.05, 0) is 48.9 Å². The molecule has 7 nitrogen and oxygen atoms in total. The molecule has 3 rings (SSSR count). The van der Waals surface area contributed by atoms with Crippen LogP contribution in [0.4, 0.5) is 0 Å². The normalized spacial score (nSPS) is 11.4. The Balaban J connectivity index is 1.69. The standard InChI is InChI=1S/C20H20ClN3O4S/c1-14-3-6-16(21)11-19(14)29(26,27)23-9-10-24-13-22-18(12-20(24)25)15-4-7-17(28-2)8-5-15/h3-8,11-13,23H,9-10H2,1-2H3. The van der Waals surface area contributed by atoms with Crippen LogP contribution in [0, 0.1) is 6.92 Å². The summed E-state index contributed by atoms with van der Waals surface area (Å²) in [4.78, 5) is 16.8. The van der Waals surface area contributed by atoms with E-state index < -0.39 is 10.0 Å². The molecule has 1 heterocycles. The second-order valence-corrected chi connectivity index (χ2v) is 8.51. The van der Waals surface area contributed by atoms with Crippen molar-refractivity contribution in [2.24, 2.45) is 0 Å². The van der Waals surface area contributed by atoms with Gasteiger partial charge in [0.2, 0.25) is 10.0 Å². The SMILES string of the molecule is COc1ccc(-c2cc(=O)n(CCNS(=O)(=O)c3cc(Cl)ccc3C)cn2)cc1. The smallest absolute Gasteiger partial charge is 0.253 e. The lowest BCUT2D eigenvalue weighted by molar-refractivity contribution is 0.415. The predicted octanol–water partition coefficient (Wildman–Crippen LogP) is 2.86. The summed E-state index contributed by atoms with van der Waals surface area (Å²) in [6.07, 6.45) is 1.40. The summed E-state index contributed by atoms with van der Waals surface area (Å²) in [6, 6.07) is 13.3. The van der Waals surface area contributed by atoms with Crippen molar-refractivity contribution >= 4 is 21.6 Å². The van der Waals surface area contributed by atoms with E-state index in [4.69, 9.17) is 16.3 Å². The Labute approximate surface area is 174 Å². The summed E-state index contributed by atoms with van der Waals surface area (Å²) >= 11 is 5.90. The van der Waals surface area contributed by atoms with Crippen molar-refractivity contribution in [2.45, 2.75) is 18.4 Å². The Morgan fingerprint density at radius 1 is 1.14 bits per heavy atom. The second-order valence-electron chi connectivity index (χ2n) is 6.34. The van der Waals surface area contributed by atoms with E-state index in [2.05, 4.69) is 9.71 Å². The van der Waals surface area contributed by atoms with Gasteiger partial charge in [-0.1, -0.05) is 17.7 Å². The molecule has 0 fully saturated rings. The van der Waals surface area contributed by atoms with E-state index in [1.165, 1.54) is 23.0 Å². The van der Waals surface area contributed by atoms with Crippen LogP contribution in [0.15, 0.2) is 64.5 Å². The van der Waals surface area contributed by atoms with Crippen LogP contribution in [0.1, 0.15) is 5.56 Å². The van der Waals surface area contributed by atoms with Gasteiger partial charge in [0.1, 0.15) is 5.75 Å². The van der Waals surface area contributed by atoms with E-state index >= 15 is 0 Å². The number of nitrogens with zero attached hydrogens (tertiary/aromatic N) is 2. The number of halogens is 1. The molecule has 0 amide bonds. The van der Waals surface area contributed by atoms with Gasteiger partial charge >= 0.3 is 0 Å². The Hall–Kier alpha value is -2.68. The monoisotopic (exact) mass is 433 g/mol. The lowest BCUT2D eigenvalue weighted by Crippen LogP contribution is -2.31. The zero-order chi connectivity index (χ0) is 21.0. The third-order valence-corrected chi connectivity index (χ3v) is 6.19. The minimum absolute atomic E-state index is 0.0394. The highest BCUT2D eigenvalue weighted by molar-refractivity contribution is 7.89. The molecule has 0 aliphatic carbocycles. The van der Waals surface area contributed by atoms with E-state index in [9.17, 15) is 13.2 Å². The highest BCUT2D eigenvalue weighted by Crippen LogP contribution is 2.20. The fourth-order valence-electron chi connectivity index (χ4n) is 2.76. The number of methoxy groups -OCH3 is 1. The molecule has 29 heavy (non-hydrogen) atoms. The molecule has 0 saturated heterocycles. The quantitative estimate of drug-likeness (QED) is 0.618. The first-order chi connectivity index (χ1) is 13.8. The molecule has 0 saturated carbocycles. The minimum atomic E-state index is -3.74. The van der Waals surface area contributed by atoms with Crippen LogP contribution < -0.4 is 15.0 Å². The van der Waals surface area contributed by atoms with Crippen molar-refractivity contribution in [1.82, 2.24) is 14.3 Å². The number of hydrogen-bond donors (Lipinski definition) is 1. The molecule has 3 aromatic rings. The molecule has 1 N–H and O–H groups in total. The topological polar surface area (TPSA) is 90.3 Å². The van der Waals surface area contributed by atoms with Gasteiger partial charge in [0, 0.05) is 29.7 Å². The maximum Gasteiger partial charge on any atom is 0.253 e. The maximum absolute atomic E-state index is 12.5. The Morgan fingerprint density at radius 3 is 2.52 bits per heavy atom. The van der Waals surface area contributed by atoms with E-state index in [1.54, 1.807) is 38.3 Å². The number of rotatable bonds is 7. The van der Waals surface area contributed by atoms with Gasteiger partial charge in [-0.2, -0.15) is 0 Å². The van der Waals surface area contributed by atoms with Gasteiger partial charge in [-0.15, -0.1) is 0 Å². The van der Waals surface area contributed by atoms with Gasteiger partial charge in [-0.25, -0.2) is 18.1 Å². The average molecular weight is 434 g/mol. The third kappa shape index (κ3) is 5.03. The maximum atomic E-state index is 12.5. The van der Waals surface area contributed by atoms with Gasteiger partial charge in [0.05, 0.1) is 24.0 Å². The summed E-state index contributed by atoms with van der Waals surface area (Å²) in [6.45, 7) is 1.88. The molecule has 0 bridgehead atoms. The van der Waals surface area contributed by atoms with E-state index in [1.807, 2.05) is 12.1 Å². The lowest BCUT2D eigenvalue weighted by atomic mass is 10.1. The zero-order valence-corrected chi connectivity index (χ0v) is 17.5. The number of sulfonamides is 1. The first kappa shape index (κ1) is 21.0. The van der Waals surface area contributed by atoms with E-state index in [0.717, 1.165) is 5.56 Å². The van der Waals surface area contributed by atoms with Gasteiger partial charge in [0.15, 0.2) is 0 Å². The number of aryl methyl sites for hydroxylation is 1. The van der Waals surface area contributed by atoms with E-state index in [0.29, 0.717) is 22.0 Å². The number of benzene rings is 2.